The van der Waals surface area contributed by atoms with Gasteiger partial charge in [0.15, 0.2) is 5.96 Å². The molecule has 0 aromatic carbocycles. The summed E-state index contributed by atoms with van der Waals surface area (Å²) < 4.78 is 0. The largest absolute Gasteiger partial charge is 0.480 e. The first-order chi connectivity index (χ1) is 17.5. The number of carbonyl (C=O) groups is 5. The Morgan fingerprint density at radius 2 is 1.92 bits per heavy atom. The molecule has 0 radical (unpaired) electrons. The summed E-state index contributed by atoms with van der Waals surface area (Å²) in [7, 11) is 0. The Balaban J connectivity index is 2.10. The van der Waals surface area contributed by atoms with Crippen LogP contribution in [0.25, 0.3) is 0 Å². The minimum Gasteiger partial charge on any atom is -0.480 e. The Bertz CT molecular complexity index is 994. The molecule has 4 atom stereocenters. The van der Waals surface area contributed by atoms with Crippen LogP contribution < -0.4 is 33.6 Å². The Morgan fingerprint density at radius 3 is 2.51 bits per heavy atom. The smallest absolute Gasteiger partial charge is 0.326 e. The van der Waals surface area contributed by atoms with Crippen LogP contribution in [0.4, 0.5) is 0 Å². The van der Waals surface area contributed by atoms with Gasteiger partial charge in [-0.2, -0.15) is 0 Å². The highest BCUT2D eigenvalue weighted by Gasteiger charge is 2.38. The summed E-state index contributed by atoms with van der Waals surface area (Å²) in [6.45, 7) is 0.469. The average molecular weight is 523 g/mol. The fourth-order valence-corrected chi connectivity index (χ4v) is 3.95. The van der Waals surface area contributed by atoms with Crippen LogP contribution in [0, 0.1) is 0 Å². The number of carbonyl (C=O) groups excluding carboxylic acids is 4. The lowest BCUT2D eigenvalue weighted by atomic mass is 10.1. The third-order valence-corrected chi connectivity index (χ3v) is 5.75. The number of imidazole rings is 1. The molecule has 1 aromatic rings. The normalized spacial score (nSPS) is 17.3. The summed E-state index contributed by atoms with van der Waals surface area (Å²) in [6.07, 6.45) is 3.83. The van der Waals surface area contributed by atoms with Crippen molar-refractivity contribution < 1.29 is 29.1 Å². The van der Waals surface area contributed by atoms with Gasteiger partial charge in [0.25, 0.3) is 0 Å². The quantitative estimate of drug-likeness (QED) is 0.0671. The van der Waals surface area contributed by atoms with E-state index in [1.807, 2.05) is 0 Å². The van der Waals surface area contributed by atoms with E-state index in [-0.39, 0.29) is 31.8 Å². The van der Waals surface area contributed by atoms with Gasteiger partial charge in [0.05, 0.1) is 18.8 Å². The predicted octanol–water partition coefficient (Wildman–Crippen LogP) is -3.75. The molecule has 0 spiro atoms. The number of hydrogen-bond donors (Lipinski definition) is 8. The van der Waals surface area contributed by atoms with Gasteiger partial charge in [-0.25, -0.2) is 9.78 Å². The van der Waals surface area contributed by atoms with Crippen molar-refractivity contribution in [3.05, 3.63) is 18.2 Å². The Kier molecular flexibility index (Phi) is 10.8. The molecule has 2 rings (SSSR count). The van der Waals surface area contributed by atoms with E-state index in [0.29, 0.717) is 25.1 Å². The summed E-state index contributed by atoms with van der Waals surface area (Å²) >= 11 is 0. The Morgan fingerprint density at radius 1 is 1.19 bits per heavy atom. The number of carboxylic acids is 1. The fraction of sp³-hybridized carbons (Fsp3) is 0.571. The molecule has 16 nitrogen and oxygen atoms in total. The van der Waals surface area contributed by atoms with Gasteiger partial charge in [-0.3, -0.25) is 24.2 Å². The number of guanidine groups is 1. The van der Waals surface area contributed by atoms with E-state index in [9.17, 15) is 29.1 Å². The Hall–Kier alpha value is -4.21. The van der Waals surface area contributed by atoms with Crippen LogP contribution >= 0.6 is 0 Å². The number of rotatable bonds is 14. The third-order valence-electron chi connectivity index (χ3n) is 5.75. The van der Waals surface area contributed by atoms with Crippen molar-refractivity contribution in [3.8, 4) is 0 Å². The first-order valence-electron chi connectivity index (χ1n) is 11.7. The zero-order chi connectivity index (χ0) is 27.5. The number of aliphatic carboxylic acids is 1. The van der Waals surface area contributed by atoms with Gasteiger partial charge in [-0.1, -0.05) is 0 Å². The van der Waals surface area contributed by atoms with Crippen molar-refractivity contribution in [2.24, 2.45) is 27.9 Å². The van der Waals surface area contributed by atoms with Crippen LogP contribution in [-0.2, 0) is 30.4 Å². The summed E-state index contributed by atoms with van der Waals surface area (Å²) in [4.78, 5) is 73.6. The number of hydrogen-bond acceptors (Lipinski definition) is 8. The molecule has 0 bridgehead atoms. The summed E-state index contributed by atoms with van der Waals surface area (Å²) in [6, 6.07) is -4.54. The molecule has 1 saturated heterocycles. The molecule has 0 aliphatic carbocycles. The first kappa shape index (κ1) is 29.0. The molecule has 1 aliphatic heterocycles. The van der Waals surface area contributed by atoms with Crippen LogP contribution in [-0.4, -0.2) is 92.8 Å². The van der Waals surface area contributed by atoms with E-state index in [0.717, 1.165) is 0 Å². The van der Waals surface area contributed by atoms with E-state index < -0.39 is 60.2 Å². The van der Waals surface area contributed by atoms with Crippen molar-refractivity contribution in [3.63, 3.8) is 0 Å². The number of nitrogens with two attached hydrogens (primary N) is 4. The van der Waals surface area contributed by atoms with E-state index in [1.165, 1.54) is 11.2 Å². The molecule has 1 fully saturated rings. The SMILES string of the molecule is NC(=O)CC(NC(=O)C(CCCN=C(N)N)NC(=O)C1CCCN1C(=O)C(N)Cc1cnc[nH]1)C(=O)O. The molecular weight excluding hydrogens is 488 g/mol. The van der Waals surface area contributed by atoms with Crippen LogP contribution in [0.1, 0.15) is 37.8 Å². The lowest BCUT2D eigenvalue weighted by molar-refractivity contribution is -0.144. The number of aliphatic imine (C=N–C) groups is 1. The van der Waals surface area contributed by atoms with Gasteiger partial charge in [0, 0.05) is 31.4 Å². The molecule has 0 saturated carbocycles. The fourth-order valence-electron chi connectivity index (χ4n) is 3.95. The Labute approximate surface area is 212 Å². The van der Waals surface area contributed by atoms with E-state index in [1.54, 1.807) is 6.20 Å². The first-order valence-corrected chi connectivity index (χ1v) is 11.7. The van der Waals surface area contributed by atoms with E-state index in [4.69, 9.17) is 22.9 Å². The second-order valence-electron chi connectivity index (χ2n) is 8.66. The number of H-pyrrole nitrogens is 1. The third kappa shape index (κ3) is 9.06. The molecular formula is C21H34N10O6. The van der Waals surface area contributed by atoms with Crippen LogP contribution in [0.15, 0.2) is 17.5 Å². The van der Waals surface area contributed by atoms with Crippen molar-refractivity contribution in [2.75, 3.05) is 13.1 Å². The maximum absolute atomic E-state index is 13.2. The summed E-state index contributed by atoms with van der Waals surface area (Å²) in [5, 5.41) is 14.1. The monoisotopic (exact) mass is 522 g/mol. The zero-order valence-corrected chi connectivity index (χ0v) is 20.3. The van der Waals surface area contributed by atoms with Crippen molar-refractivity contribution >= 4 is 35.6 Å². The highest BCUT2D eigenvalue weighted by atomic mass is 16.4. The molecule has 37 heavy (non-hydrogen) atoms. The average Bonchev–Trinajstić information content (AvgIpc) is 3.51. The topological polar surface area (TPSA) is 278 Å². The second-order valence-corrected chi connectivity index (χ2v) is 8.66. The molecule has 204 valence electrons. The molecule has 1 aliphatic rings. The van der Waals surface area contributed by atoms with Crippen LogP contribution in [0.2, 0.25) is 0 Å². The standard InChI is InChI=1S/C21H34N10O6/c22-12(7-11-9-26-10-28-11)19(35)31-6-2-4-15(31)18(34)29-13(3-1-5-27-21(24)25)17(33)30-14(20(36)37)8-16(23)32/h9-10,12-15H,1-8,22H2,(H2,23,32)(H,26,28)(H,29,34)(H,30,33)(H,36,37)(H4,24,25,27). The van der Waals surface area contributed by atoms with Crippen molar-refractivity contribution in [1.29, 1.82) is 0 Å². The van der Waals surface area contributed by atoms with Crippen molar-refractivity contribution in [2.45, 2.75) is 62.7 Å². The maximum atomic E-state index is 13.2. The molecule has 2 heterocycles. The number of aromatic amines is 1. The molecule has 12 N–H and O–H groups in total. The van der Waals surface area contributed by atoms with Gasteiger partial charge in [-0.15, -0.1) is 0 Å². The molecule has 4 amide bonds. The van der Waals surface area contributed by atoms with Crippen LogP contribution in [0.5, 0.6) is 0 Å². The maximum Gasteiger partial charge on any atom is 0.326 e. The number of primary amides is 1. The number of nitrogens with one attached hydrogen (secondary N) is 3. The molecule has 16 heteroatoms. The lowest BCUT2D eigenvalue weighted by Gasteiger charge is -2.28. The number of amides is 4. The zero-order valence-electron chi connectivity index (χ0n) is 20.3. The summed E-state index contributed by atoms with van der Waals surface area (Å²) in [5.74, 6) is -4.39. The van der Waals surface area contributed by atoms with Gasteiger partial charge < -0.3 is 48.6 Å². The summed E-state index contributed by atoms with van der Waals surface area (Å²) in [5.41, 5.74) is 22.4. The van der Waals surface area contributed by atoms with Gasteiger partial charge in [-0.05, 0) is 25.7 Å². The highest BCUT2D eigenvalue weighted by molar-refractivity contribution is 5.95. The lowest BCUT2D eigenvalue weighted by Crippen LogP contribution is -2.57. The number of likely N-dealkylation sites (tertiary alicyclic amines) is 1. The van der Waals surface area contributed by atoms with E-state index in [2.05, 4.69) is 25.6 Å². The predicted molar refractivity (Wildman–Crippen MR) is 130 cm³/mol. The molecule has 1 aromatic heterocycles. The van der Waals surface area contributed by atoms with Gasteiger partial charge >= 0.3 is 5.97 Å². The van der Waals surface area contributed by atoms with Crippen LogP contribution in [0.3, 0.4) is 0 Å². The second kappa shape index (κ2) is 13.8. The minimum atomic E-state index is -1.58. The van der Waals surface area contributed by atoms with Crippen molar-refractivity contribution in [1.82, 2.24) is 25.5 Å². The van der Waals surface area contributed by atoms with Gasteiger partial charge in [0.1, 0.15) is 18.1 Å². The number of nitrogens with zero attached hydrogens (tertiary/aromatic N) is 3. The number of carboxylic acid groups (broad SMARTS) is 1. The van der Waals surface area contributed by atoms with Gasteiger partial charge in [0.2, 0.25) is 23.6 Å². The van der Waals surface area contributed by atoms with E-state index >= 15 is 0 Å². The highest BCUT2D eigenvalue weighted by Crippen LogP contribution is 2.19. The minimum absolute atomic E-state index is 0.0528. The number of aromatic nitrogens is 2. The molecule has 4 unspecified atom stereocenters.